The minimum Gasteiger partial charge on any atom is -0.382 e. The highest BCUT2D eigenvalue weighted by Gasteiger charge is 2.66. The molecule has 10 heteroatoms. The first-order chi connectivity index (χ1) is 14.5. The number of aromatic nitrogens is 3. The number of rotatable bonds is 4. The van der Waals surface area contributed by atoms with Crippen molar-refractivity contribution in [1.29, 1.82) is 0 Å². The Hall–Kier alpha value is -1.95. The van der Waals surface area contributed by atoms with E-state index < -0.39 is 41.8 Å². The Bertz CT molecular complexity index is 964. The van der Waals surface area contributed by atoms with Crippen molar-refractivity contribution in [3.05, 3.63) is 36.3 Å². The summed E-state index contributed by atoms with van der Waals surface area (Å²) in [5.41, 5.74) is -0.241. The first kappa shape index (κ1) is 20.9. The number of halogens is 1. The molecule has 1 aromatic carbocycles. The molecule has 5 atom stereocenters. The SMILES string of the molecule is CC1(C)OC[C@H]([C@H]2O[C@@H]3OC(C)(C)O[C@@H]3[C@]2(O)Cn2cc(-c3ccc(F)cc3)nn2)O1. The maximum absolute atomic E-state index is 13.2. The molecule has 0 unspecified atom stereocenters. The van der Waals surface area contributed by atoms with Gasteiger partial charge in [0, 0.05) is 5.56 Å². The third-order valence-electron chi connectivity index (χ3n) is 5.79. The molecule has 0 saturated carbocycles. The van der Waals surface area contributed by atoms with Gasteiger partial charge in [-0.15, -0.1) is 5.10 Å². The van der Waals surface area contributed by atoms with Gasteiger partial charge in [-0.2, -0.15) is 0 Å². The highest BCUT2D eigenvalue weighted by Crippen LogP contribution is 2.46. The fourth-order valence-electron chi connectivity index (χ4n) is 4.43. The number of aliphatic hydroxyl groups is 1. The molecule has 3 saturated heterocycles. The second-order valence-electron chi connectivity index (χ2n) is 9.15. The molecule has 168 valence electrons. The van der Waals surface area contributed by atoms with Crippen molar-refractivity contribution in [1.82, 2.24) is 15.0 Å². The van der Waals surface area contributed by atoms with Gasteiger partial charge in [-0.25, -0.2) is 9.07 Å². The van der Waals surface area contributed by atoms with E-state index in [1.165, 1.54) is 16.8 Å². The van der Waals surface area contributed by atoms with Gasteiger partial charge in [-0.05, 0) is 52.0 Å². The Kier molecular flexibility index (Phi) is 4.74. The molecule has 1 aromatic heterocycles. The molecule has 0 spiro atoms. The van der Waals surface area contributed by atoms with Crippen molar-refractivity contribution in [2.75, 3.05) is 6.61 Å². The average molecular weight is 435 g/mol. The summed E-state index contributed by atoms with van der Waals surface area (Å²) in [6.07, 6.45) is -1.09. The minimum absolute atomic E-state index is 0.0345. The fourth-order valence-corrected chi connectivity index (χ4v) is 4.43. The van der Waals surface area contributed by atoms with Gasteiger partial charge in [0.05, 0.1) is 19.3 Å². The van der Waals surface area contributed by atoms with E-state index in [1.807, 2.05) is 13.8 Å². The van der Waals surface area contributed by atoms with E-state index in [9.17, 15) is 9.50 Å². The van der Waals surface area contributed by atoms with Gasteiger partial charge in [-0.3, -0.25) is 0 Å². The van der Waals surface area contributed by atoms with Crippen molar-refractivity contribution in [3.63, 3.8) is 0 Å². The smallest absolute Gasteiger partial charge is 0.190 e. The molecule has 3 aliphatic heterocycles. The van der Waals surface area contributed by atoms with Crippen molar-refractivity contribution < 1.29 is 33.2 Å². The zero-order valence-electron chi connectivity index (χ0n) is 17.8. The Morgan fingerprint density at radius 1 is 1.06 bits per heavy atom. The lowest BCUT2D eigenvalue weighted by Gasteiger charge is -2.35. The van der Waals surface area contributed by atoms with Crippen molar-refractivity contribution in [2.45, 2.75) is 76.0 Å². The number of ether oxygens (including phenoxy) is 5. The predicted molar refractivity (Wildman–Crippen MR) is 104 cm³/mol. The first-order valence-corrected chi connectivity index (χ1v) is 10.3. The standard InChI is InChI=1S/C21H26FN3O6/c1-19(2)27-10-15(29-19)16-21(26,17-18(28-16)31-20(3,4)30-17)11-25-9-14(23-24-25)12-5-7-13(22)8-6-12/h5-9,15-18,26H,10-11H2,1-4H3/t15-,16-,17+,18-,21+/m1/s1. The Balaban J connectivity index is 1.43. The molecule has 1 N–H and O–H groups in total. The second-order valence-corrected chi connectivity index (χ2v) is 9.15. The zero-order chi connectivity index (χ0) is 22.0. The van der Waals surface area contributed by atoms with Gasteiger partial charge in [0.1, 0.15) is 35.4 Å². The van der Waals surface area contributed by atoms with Crippen LogP contribution in [0.2, 0.25) is 0 Å². The van der Waals surface area contributed by atoms with Crippen LogP contribution in [0.3, 0.4) is 0 Å². The van der Waals surface area contributed by atoms with Crippen LogP contribution in [0.4, 0.5) is 4.39 Å². The lowest BCUT2D eigenvalue weighted by molar-refractivity contribution is -0.250. The predicted octanol–water partition coefficient (Wildman–Crippen LogP) is 1.84. The van der Waals surface area contributed by atoms with E-state index in [2.05, 4.69) is 10.3 Å². The summed E-state index contributed by atoms with van der Waals surface area (Å²) < 4.78 is 44.3. The topological polar surface area (TPSA) is 97.1 Å². The number of hydrogen-bond acceptors (Lipinski definition) is 8. The fraction of sp³-hybridized carbons (Fsp3) is 0.619. The molecule has 0 bridgehead atoms. The van der Waals surface area contributed by atoms with E-state index >= 15 is 0 Å². The normalized spacial score (nSPS) is 36.1. The van der Waals surface area contributed by atoms with Crippen molar-refractivity contribution in [2.24, 2.45) is 0 Å². The summed E-state index contributed by atoms with van der Waals surface area (Å²) in [5, 5.41) is 20.2. The maximum atomic E-state index is 13.2. The summed E-state index contributed by atoms with van der Waals surface area (Å²) in [6.45, 7) is 7.46. The van der Waals surface area contributed by atoms with Crippen LogP contribution in [0.5, 0.6) is 0 Å². The molecule has 5 rings (SSSR count). The maximum Gasteiger partial charge on any atom is 0.190 e. The Labute approximate surface area is 179 Å². The van der Waals surface area contributed by atoms with Crippen molar-refractivity contribution in [3.8, 4) is 11.3 Å². The van der Waals surface area contributed by atoms with Gasteiger partial charge < -0.3 is 28.8 Å². The summed E-state index contributed by atoms with van der Waals surface area (Å²) in [5.74, 6) is -2.01. The third kappa shape index (κ3) is 3.77. The van der Waals surface area contributed by atoms with Gasteiger partial charge in [-0.1, -0.05) is 5.21 Å². The molecule has 4 heterocycles. The molecule has 31 heavy (non-hydrogen) atoms. The van der Waals surface area contributed by atoms with Gasteiger partial charge in [0.2, 0.25) is 0 Å². The van der Waals surface area contributed by atoms with E-state index in [1.54, 1.807) is 32.2 Å². The molecular formula is C21H26FN3O6. The highest BCUT2D eigenvalue weighted by molar-refractivity contribution is 5.57. The largest absolute Gasteiger partial charge is 0.382 e. The number of hydrogen-bond donors (Lipinski definition) is 1. The quantitative estimate of drug-likeness (QED) is 0.777. The van der Waals surface area contributed by atoms with E-state index in [0.29, 0.717) is 11.3 Å². The van der Waals surface area contributed by atoms with E-state index in [-0.39, 0.29) is 19.0 Å². The lowest BCUT2D eigenvalue weighted by Crippen LogP contribution is -2.56. The van der Waals surface area contributed by atoms with Crippen molar-refractivity contribution >= 4 is 0 Å². The van der Waals surface area contributed by atoms with Crippen LogP contribution >= 0.6 is 0 Å². The summed E-state index contributed by atoms with van der Waals surface area (Å²) in [7, 11) is 0. The van der Waals surface area contributed by atoms with Crippen LogP contribution in [-0.2, 0) is 30.2 Å². The average Bonchev–Trinajstić information content (AvgIpc) is 3.41. The van der Waals surface area contributed by atoms with Crippen LogP contribution in [-0.4, -0.2) is 68.5 Å². The minimum atomic E-state index is -1.51. The van der Waals surface area contributed by atoms with Crippen LogP contribution in [0.1, 0.15) is 27.7 Å². The van der Waals surface area contributed by atoms with Crippen LogP contribution < -0.4 is 0 Å². The van der Waals surface area contributed by atoms with Crippen LogP contribution in [0.25, 0.3) is 11.3 Å². The number of fused-ring (bicyclic) bond motifs is 1. The zero-order valence-corrected chi connectivity index (χ0v) is 17.8. The van der Waals surface area contributed by atoms with Gasteiger partial charge in [0.25, 0.3) is 0 Å². The molecule has 0 radical (unpaired) electrons. The van der Waals surface area contributed by atoms with E-state index in [0.717, 1.165) is 0 Å². The van der Waals surface area contributed by atoms with E-state index in [4.69, 9.17) is 23.7 Å². The summed E-state index contributed by atoms with van der Waals surface area (Å²) in [6, 6.07) is 5.97. The molecular weight excluding hydrogens is 409 g/mol. The molecule has 2 aromatic rings. The molecule has 3 aliphatic rings. The third-order valence-corrected chi connectivity index (χ3v) is 5.79. The number of benzene rings is 1. The first-order valence-electron chi connectivity index (χ1n) is 10.3. The summed E-state index contributed by atoms with van der Waals surface area (Å²) in [4.78, 5) is 0. The Morgan fingerprint density at radius 2 is 1.81 bits per heavy atom. The Morgan fingerprint density at radius 3 is 2.48 bits per heavy atom. The second kappa shape index (κ2) is 7.03. The highest BCUT2D eigenvalue weighted by atomic mass is 19.1. The summed E-state index contributed by atoms with van der Waals surface area (Å²) >= 11 is 0. The molecule has 0 amide bonds. The molecule has 9 nitrogen and oxygen atoms in total. The number of nitrogens with zero attached hydrogens (tertiary/aromatic N) is 3. The van der Waals surface area contributed by atoms with Crippen LogP contribution in [0.15, 0.2) is 30.5 Å². The molecule has 0 aliphatic carbocycles. The van der Waals surface area contributed by atoms with Gasteiger partial charge >= 0.3 is 0 Å². The molecule has 3 fully saturated rings. The van der Waals surface area contributed by atoms with Crippen LogP contribution in [0, 0.1) is 5.82 Å². The van der Waals surface area contributed by atoms with Gasteiger partial charge in [0.15, 0.2) is 17.9 Å². The lowest BCUT2D eigenvalue weighted by atomic mass is 9.89. The monoisotopic (exact) mass is 435 g/mol.